The lowest BCUT2D eigenvalue weighted by molar-refractivity contribution is 0.157. The predicted molar refractivity (Wildman–Crippen MR) is 79.8 cm³/mol. The number of halogens is 2. The number of benzene rings is 1. The fraction of sp³-hybridized carbons (Fsp3) is 0.600. The summed E-state index contributed by atoms with van der Waals surface area (Å²) in [5, 5.41) is 13.4. The molecule has 2 fully saturated rings. The van der Waals surface area contributed by atoms with Gasteiger partial charge in [0, 0.05) is 37.8 Å². The summed E-state index contributed by atoms with van der Waals surface area (Å²) in [5.74, 6) is 0.719. The van der Waals surface area contributed by atoms with E-state index >= 15 is 0 Å². The Hall–Kier alpha value is -0.840. The van der Waals surface area contributed by atoms with E-state index in [1.807, 2.05) is 0 Å². The highest BCUT2D eigenvalue weighted by Gasteiger charge is 2.31. The molecule has 2 aliphatic rings. The zero-order valence-corrected chi connectivity index (χ0v) is 12.3. The van der Waals surface area contributed by atoms with Crippen molar-refractivity contribution >= 4 is 12.4 Å². The molecule has 0 aromatic heterocycles. The van der Waals surface area contributed by atoms with E-state index in [0.29, 0.717) is 0 Å². The van der Waals surface area contributed by atoms with E-state index in [1.54, 1.807) is 0 Å². The van der Waals surface area contributed by atoms with Gasteiger partial charge in [-0.2, -0.15) is 0 Å². The number of hydrogen-bond acceptors (Lipinski definition) is 3. The largest absolute Gasteiger partial charge is 0.508 e. The highest BCUT2D eigenvalue weighted by atomic mass is 35.5. The van der Waals surface area contributed by atoms with Gasteiger partial charge in [0.1, 0.15) is 11.6 Å². The molecule has 0 radical (unpaired) electrons. The number of phenols is 1. The van der Waals surface area contributed by atoms with Crippen LogP contribution in [0.3, 0.4) is 0 Å². The third-order valence-corrected chi connectivity index (χ3v) is 4.19. The fourth-order valence-electron chi connectivity index (χ4n) is 2.93. The second-order valence-electron chi connectivity index (χ2n) is 5.68. The Kier molecular flexibility index (Phi) is 5.24. The van der Waals surface area contributed by atoms with Gasteiger partial charge in [-0.3, -0.25) is 4.90 Å². The number of hydrogen-bond donors (Lipinski definition) is 2. The Morgan fingerprint density at radius 2 is 2.00 bits per heavy atom. The number of nitrogens with zero attached hydrogens (tertiary/aromatic N) is 1. The summed E-state index contributed by atoms with van der Waals surface area (Å²) in [6.45, 7) is 3.87. The number of phenolic OH excluding ortho intramolecular Hbond substituents is 1. The average Bonchev–Trinajstić information content (AvgIpc) is 3.24. The van der Waals surface area contributed by atoms with E-state index in [2.05, 4.69) is 10.2 Å². The van der Waals surface area contributed by atoms with Crippen molar-refractivity contribution in [3.8, 4) is 5.75 Å². The maximum atomic E-state index is 13.5. The van der Waals surface area contributed by atoms with Crippen LogP contribution in [-0.4, -0.2) is 36.2 Å². The minimum Gasteiger partial charge on any atom is -0.508 e. The Balaban J connectivity index is 0.00000147. The van der Waals surface area contributed by atoms with Gasteiger partial charge in [0.15, 0.2) is 0 Å². The summed E-state index contributed by atoms with van der Waals surface area (Å²) >= 11 is 0. The van der Waals surface area contributed by atoms with Crippen LogP contribution >= 0.6 is 12.4 Å². The molecule has 5 heteroatoms. The van der Waals surface area contributed by atoms with E-state index in [0.717, 1.165) is 44.1 Å². The molecule has 0 unspecified atom stereocenters. The lowest BCUT2D eigenvalue weighted by Gasteiger charge is -2.35. The van der Waals surface area contributed by atoms with Gasteiger partial charge < -0.3 is 10.4 Å². The lowest BCUT2D eigenvalue weighted by atomic mass is 9.97. The van der Waals surface area contributed by atoms with Gasteiger partial charge in [-0.05, 0) is 30.5 Å². The summed E-state index contributed by atoms with van der Waals surface area (Å²) < 4.78 is 13.5. The Labute approximate surface area is 125 Å². The zero-order chi connectivity index (χ0) is 13.2. The number of rotatable bonds is 4. The van der Waals surface area contributed by atoms with E-state index in [1.165, 1.54) is 31.0 Å². The number of nitrogens with one attached hydrogen (secondary N) is 1. The summed E-state index contributed by atoms with van der Waals surface area (Å²) in [4.78, 5) is 2.38. The molecule has 1 atom stereocenters. The normalized spacial score (nSPS) is 21.2. The van der Waals surface area contributed by atoms with Gasteiger partial charge in [0.2, 0.25) is 0 Å². The van der Waals surface area contributed by atoms with Crippen molar-refractivity contribution in [2.24, 2.45) is 5.92 Å². The minimum absolute atomic E-state index is 0. The van der Waals surface area contributed by atoms with E-state index in [9.17, 15) is 9.50 Å². The van der Waals surface area contributed by atoms with Crippen molar-refractivity contribution in [2.45, 2.75) is 25.3 Å². The maximum absolute atomic E-state index is 13.5. The first-order valence-electron chi connectivity index (χ1n) is 7.17. The van der Waals surface area contributed by atoms with Crippen molar-refractivity contribution in [2.75, 3.05) is 26.2 Å². The molecule has 0 spiro atoms. The monoisotopic (exact) mass is 300 g/mol. The molecule has 3 nitrogen and oxygen atoms in total. The Bertz CT molecular complexity index is 447. The molecular formula is C15H22ClFN2O. The quantitative estimate of drug-likeness (QED) is 0.897. The van der Waals surface area contributed by atoms with Gasteiger partial charge in [0.05, 0.1) is 0 Å². The van der Waals surface area contributed by atoms with E-state index < -0.39 is 0 Å². The van der Waals surface area contributed by atoms with Gasteiger partial charge in [-0.15, -0.1) is 12.4 Å². The van der Waals surface area contributed by atoms with Gasteiger partial charge in [0.25, 0.3) is 0 Å². The van der Waals surface area contributed by atoms with Crippen LogP contribution in [0.2, 0.25) is 0 Å². The van der Waals surface area contributed by atoms with Gasteiger partial charge in [-0.1, -0.05) is 12.8 Å². The molecule has 3 rings (SSSR count). The second-order valence-corrected chi connectivity index (χ2v) is 5.68. The molecule has 0 amide bonds. The zero-order valence-electron chi connectivity index (χ0n) is 11.5. The van der Waals surface area contributed by atoms with Crippen molar-refractivity contribution < 1.29 is 9.50 Å². The first-order chi connectivity index (χ1) is 9.24. The third kappa shape index (κ3) is 3.62. The minimum atomic E-state index is -0.260. The Morgan fingerprint density at radius 1 is 1.30 bits per heavy atom. The Morgan fingerprint density at radius 3 is 2.65 bits per heavy atom. The molecule has 2 N–H and O–H groups in total. The van der Waals surface area contributed by atoms with Crippen LogP contribution in [0.4, 0.5) is 4.39 Å². The van der Waals surface area contributed by atoms with E-state index in [-0.39, 0.29) is 30.0 Å². The second kappa shape index (κ2) is 6.74. The number of aromatic hydroxyl groups is 1. The van der Waals surface area contributed by atoms with E-state index in [4.69, 9.17) is 0 Å². The molecule has 0 bridgehead atoms. The SMILES string of the molecule is Cl.Oc1ccc(F)cc1[C@@H](CC1CC1)N1CCNCC1. The standard InChI is InChI=1S/C15H21FN2O.ClH/c16-12-3-4-15(19)13(10-12)14(9-11-1-2-11)18-7-5-17-6-8-18;/h3-4,10-11,14,17,19H,1-2,5-9H2;1H/t14-;/m1./s1. The van der Waals surface area contributed by atoms with Crippen LogP contribution in [0, 0.1) is 11.7 Å². The summed E-state index contributed by atoms with van der Waals surface area (Å²) in [5.41, 5.74) is 0.758. The molecule has 20 heavy (non-hydrogen) atoms. The molecule has 1 heterocycles. The molecular weight excluding hydrogens is 279 g/mol. The van der Waals surface area contributed by atoms with Crippen molar-refractivity contribution in [1.82, 2.24) is 10.2 Å². The highest BCUT2D eigenvalue weighted by molar-refractivity contribution is 5.85. The van der Waals surface area contributed by atoms with Gasteiger partial charge >= 0.3 is 0 Å². The third-order valence-electron chi connectivity index (χ3n) is 4.19. The first kappa shape index (κ1) is 15.5. The lowest BCUT2D eigenvalue weighted by Crippen LogP contribution is -2.45. The molecule has 1 saturated heterocycles. The van der Waals surface area contributed by atoms with Crippen LogP contribution in [-0.2, 0) is 0 Å². The van der Waals surface area contributed by atoms with Crippen molar-refractivity contribution in [3.63, 3.8) is 0 Å². The molecule has 1 saturated carbocycles. The van der Waals surface area contributed by atoms with Gasteiger partial charge in [-0.25, -0.2) is 4.39 Å². The summed E-state index contributed by atoms with van der Waals surface area (Å²) in [6, 6.07) is 4.47. The van der Waals surface area contributed by atoms with Crippen molar-refractivity contribution in [1.29, 1.82) is 0 Å². The average molecular weight is 301 g/mol. The predicted octanol–water partition coefficient (Wildman–Crippen LogP) is 2.70. The summed E-state index contributed by atoms with van der Waals surface area (Å²) in [7, 11) is 0. The maximum Gasteiger partial charge on any atom is 0.123 e. The first-order valence-corrected chi connectivity index (χ1v) is 7.17. The highest BCUT2D eigenvalue weighted by Crippen LogP contribution is 2.42. The van der Waals surface area contributed by atoms with Crippen LogP contribution < -0.4 is 5.32 Å². The van der Waals surface area contributed by atoms with Crippen LogP contribution in [0.5, 0.6) is 5.75 Å². The van der Waals surface area contributed by atoms with Crippen LogP contribution in [0.25, 0.3) is 0 Å². The number of piperazine rings is 1. The molecule has 1 aromatic rings. The molecule has 112 valence electrons. The van der Waals surface area contributed by atoms with Crippen LogP contribution in [0.1, 0.15) is 30.9 Å². The molecule has 1 aliphatic carbocycles. The molecule has 1 aliphatic heterocycles. The smallest absolute Gasteiger partial charge is 0.123 e. The molecule has 1 aromatic carbocycles. The van der Waals surface area contributed by atoms with Crippen molar-refractivity contribution in [3.05, 3.63) is 29.6 Å². The van der Waals surface area contributed by atoms with Crippen LogP contribution in [0.15, 0.2) is 18.2 Å². The topological polar surface area (TPSA) is 35.5 Å². The summed E-state index contributed by atoms with van der Waals surface area (Å²) in [6.07, 6.45) is 3.59. The fourth-order valence-corrected chi connectivity index (χ4v) is 2.93.